The quantitative estimate of drug-likeness (QED) is 0.650. The number of methoxy groups -OCH3 is 1. The fraction of sp³-hybridized carbons (Fsp3) is 0.400. The number of hydrogen-bond acceptors (Lipinski definition) is 6. The molecule has 0 amide bonds. The Bertz CT molecular complexity index is 877. The highest BCUT2D eigenvalue weighted by Gasteiger charge is 2.52. The molecule has 2 aliphatic heterocycles. The van der Waals surface area contributed by atoms with E-state index in [2.05, 4.69) is 6.08 Å². The number of nitrogens with zero attached hydrogens (tertiary/aromatic N) is 3. The average molecular weight is 349 g/mol. The van der Waals surface area contributed by atoms with Gasteiger partial charge in [0.25, 0.3) is 0 Å². The Labute approximate surface area is 152 Å². The summed E-state index contributed by atoms with van der Waals surface area (Å²) < 4.78 is 11.8. The Kier molecular flexibility index (Phi) is 3.86. The molecule has 6 heteroatoms. The monoisotopic (exact) mass is 349 g/mol. The van der Waals surface area contributed by atoms with Crippen LogP contribution >= 0.6 is 0 Å². The predicted molar refractivity (Wildman–Crippen MR) is 93.2 cm³/mol. The molecule has 1 N–H and O–H groups in total. The number of aliphatic hydroxyl groups excluding tert-OH is 1. The zero-order valence-corrected chi connectivity index (χ0v) is 14.5. The summed E-state index contributed by atoms with van der Waals surface area (Å²) in [6.45, 7) is 1.27. The molecule has 6 nitrogen and oxygen atoms in total. The van der Waals surface area contributed by atoms with Crippen molar-refractivity contribution >= 4 is 0 Å². The molecule has 0 fully saturated rings. The molecule has 1 aliphatic carbocycles. The third kappa shape index (κ3) is 2.34. The Morgan fingerprint density at radius 1 is 1.42 bits per heavy atom. The smallest absolute Gasteiger partial charge is 0.166 e. The summed E-state index contributed by atoms with van der Waals surface area (Å²) in [4.78, 5) is 2.01. The number of hydrogen-bond donors (Lipinski definition) is 1. The second-order valence-electron chi connectivity index (χ2n) is 6.93. The molecular formula is C20H19N3O3. The first-order valence-electron chi connectivity index (χ1n) is 8.62. The van der Waals surface area contributed by atoms with E-state index >= 15 is 0 Å². The Morgan fingerprint density at radius 2 is 2.23 bits per heavy atom. The fourth-order valence-electron chi connectivity index (χ4n) is 4.33. The molecule has 1 spiro atoms. The van der Waals surface area contributed by atoms with Gasteiger partial charge in [-0.1, -0.05) is 18.2 Å². The van der Waals surface area contributed by atoms with Crippen LogP contribution in [0.1, 0.15) is 24.0 Å². The molecule has 1 aromatic rings. The van der Waals surface area contributed by atoms with E-state index in [1.165, 1.54) is 0 Å². The summed E-state index contributed by atoms with van der Waals surface area (Å²) >= 11 is 0. The first kappa shape index (κ1) is 16.5. The Balaban J connectivity index is 1.85. The van der Waals surface area contributed by atoms with E-state index in [4.69, 9.17) is 20.0 Å². The maximum Gasteiger partial charge on any atom is 0.166 e. The van der Waals surface area contributed by atoms with Gasteiger partial charge in [-0.3, -0.25) is 0 Å². The van der Waals surface area contributed by atoms with Gasteiger partial charge in [-0.2, -0.15) is 10.5 Å². The van der Waals surface area contributed by atoms with Crippen molar-refractivity contribution in [1.29, 1.82) is 10.5 Å². The van der Waals surface area contributed by atoms with E-state index in [0.717, 1.165) is 23.3 Å². The molecule has 3 atom stereocenters. The zero-order valence-electron chi connectivity index (χ0n) is 14.5. The number of nitriles is 2. The standard InChI is InChI=1S/C20H19N3O3/c1-25-16-3-2-14-12-23(11-13(9-21)10-22)7-6-20-5-4-15(24)8-17(20)26-19(16)18(14)20/h2-5,11,15,17,24H,6-8,12H2,1H3/t15-,17-,20?/m1/s1. The van der Waals surface area contributed by atoms with E-state index in [1.54, 1.807) is 13.3 Å². The SMILES string of the molecule is COc1ccc2c3c1O[C@@H]1C[C@H](O)C=CC31CCN(C=C(C#N)C#N)C2. The van der Waals surface area contributed by atoms with Crippen molar-refractivity contribution in [2.45, 2.75) is 37.0 Å². The third-order valence-electron chi connectivity index (χ3n) is 5.54. The average Bonchev–Trinajstić information content (AvgIpc) is 2.89. The molecule has 1 aromatic carbocycles. The molecule has 0 bridgehead atoms. The third-order valence-corrected chi connectivity index (χ3v) is 5.54. The summed E-state index contributed by atoms with van der Waals surface area (Å²) in [5.41, 5.74) is 1.97. The van der Waals surface area contributed by atoms with E-state index in [9.17, 15) is 5.11 Å². The van der Waals surface area contributed by atoms with Gasteiger partial charge < -0.3 is 19.5 Å². The highest BCUT2D eigenvalue weighted by molar-refractivity contribution is 5.61. The molecule has 0 radical (unpaired) electrons. The van der Waals surface area contributed by atoms with Crippen molar-refractivity contribution in [2.75, 3.05) is 13.7 Å². The minimum atomic E-state index is -0.516. The second-order valence-corrected chi connectivity index (χ2v) is 6.93. The van der Waals surface area contributed by atoms with Crippen molar-refractivity contribution in [1.82, 2.24) is 4.90 Å². The molecule has 3 aliphatic rings. The normalized spacial score (nSPS) is 27.9. The number of rotatable bonds is 2. The number of benzene rings is 1. The minimum Gasteiger partial charge on any atom is -0.493 e. The van der Waals surface area contributed by atoms with Crippen molar-refractivity contribution in [3.63, 3.8) is 0 Å². The minimum absolute atomic E-state index is 0.0932. The maximum absolute atomic E-state index is 10.1. The van der Waals surface area contributed by atoms with Gasteiger partial charge in [0.05, 0.1) is 18.6 Å². The summed E-state index contributed by atoms with van der Waals surface area (Å²) in [5, 5.41) is 28.2. The molecule has 4 rings (SSSR count). The lowest BCUT2D eigenvalue weighted by molar-refractivity contribution is 0.0828. The lowest BCUT2D eigenvalue weighted by atomic mass is 9.69. The van der Waals surface area contributed by atoms with Crippen molar-refractivity contribution in [3.05, 3.63) is 47.2 Å². The molecule has 132 valence electrons. The van der Waals surface area contributed by atoms with Crippen LogP contribution in [0.25, 0.3) is 0 Å². The number of aliphatic hydroxyl groups is 1. The van der Waals surface area contributed by atoms with Crippen molar-refractivity contribution in [2.24, 2.45) is 0 Å². The lowest BCUT2D eigenvalue weighted by Gasteiger charge is -2.35. The Morgan fingerprint density at radius 3 is 2.96 bits per heavy atom. The summed E-state index contributed by atoms with van der Waals surface area (Å²) in [6, 6.07) is 7.76. The summed E-state index contributed by atoms with van der Waals surface area (Å²) in [6.07, 6.45) is 6.19. The molecule has 26 heavy (non-hydrogen) atoms. The first-order chi connectivity index (χ1) is 12.6. The number of allylic oxidation sites excluding steroid dienone is 1. The topological polar surface area (TPSA) is 89.5 Å². The van der Waals surface area contributed by atoms with Crippen LogP contribution in [-0.4, -0.2) is 35.9 Å². The molecular weight excluding hydrogens is 330 g/mol. The molecule has 0 saturated carbocycles. The molecule has 0 saturated heterocycles. The molecule has 2 heterocycles. The van der Waals surface area contributed by atoms with Crippen molar-refractivity contribution in [3.8, 4) is 23.6 Å². The predicted octanol–water partition coefficient (Wildman–Crippen LogP) is 2.15. The second kappa shape index (κ2) is 6.09. The van der Waals surface area contributed by atoms with Crippen LogP contribution in [0, 0.1) is 22.7 Å². The lowest BCUT2D eigenvalue weighted by Crippen LogP contribution is -2.42. The van der Waals surface area contributed by atoms with Crippen molar-refractivity contribution < 1.29 is 14.6 Å². The number of ether oxygens (including phenoxy) is 2. The van der Waals surface area contributed by atoms with Gasteiger partial charge in [-0.25, -0.2) is 0 Å². The van der Waals surface area contributed by atoms with Gasteiger partial charge in [0.2, 0.25) is 0 Å². The van der Waals surface area contributed by atoms with Gasteiger partial charge in [-0.15, -0.1) is 0 Å². The van der Waals surface area contributed by atoms with E-state index in [0.29, 0.717) is 25.3 Å². The van der Waals surface area contributed by atoms with Gasteiger partial charge in [0.15, 0.2) is 11.5 Å². The van der Waals surface area contributed by atoms with E-state index in [1.807, 2.05) is 35.2 Å². The molecule has 1 unspecified atom stereocenters. The first-order valence-corrected chi connectivity index (χ1v) is 8.62. The largest absolute Gasteiger partial charge is 0.493 e. The Hall–Kier alpha value is -2.96. The van der Waals surface area contributed by atoms with Gasteiger partial charge >= 0.3 is 0 Å². The van der Waals surface area contributed by atoms with Crippen LogP contribution in [0.15, 0.2) is 36.1 Å². The van der Waals surface area contributed by atoms with Crippen LogP contribution in [-0.2, 0) is 12.0 Å². The van der Waals surface area contributed by atoms with Crippen LogP contribution in [0.3, 0.4) is 0 Å². The van der Waals surface area contributed by atoms with Gasteiger partial charge in [0, 0.05) is 31.3 Å². The van der Waals surface area contributed by atoms with E-state index in [-0.39, 0.29) is 17.1 Å². The van der Waals surface area contributed by atoms with Crippen LogP contribution < -0.4 is 9.47 Å². The van der Waals surface area contributed by atoms with Crippen LogP contribution in [0.2, 0.25) is 0 Å². The summed E-state index contributed by atoms with van der Waals surface area (Å²) in [7, 11) is 1.62. The van der Waals surface area contributed by atoms with Crippen LogP contribution in [0.5, 0.6) is 11.5 Å². The van der Waals surface area contributed by atoms with E-state index < -0.39 is 6.10 Å². The molecule has 0 aromatic heterocycles. The maximum atomic E-state index is 10.1. The highest BCUT2D eigenvalue weighted by Crippen LogP contribution is 2.55. The van der Waals surface area contributed by atoms with Gasteiger partial charge in [-0.05, 0) is 18.1 Å². The summed E-state index contributed by atoms with van der Waals surface area (Å²) in [5.74, 6) is 1.44. The fourth-order valence-corrected chi connectivity index (χ4v) is 4.33. The highest BCUT2D eigenvalue weighted by atomic mass is 16.5. The van der Waals surface area contributed by atoms with Gasteiger partial charge in [0.1, 0.15) is 23.8 Å². The van der Waals surface area contributed by atoms with Crippen LogP contribution in [0.4, 0.5) is 0 Å². The zero-order chi connectivity index (χ0) is 18.3.